The number of amides is 2. The predicted octanol–water partition coefficient (Wildman–Crippen LogP) is 6.88. The quantitative estimate of drug-likeness (QED) is 0.193. The molecule has 45 heavy (non-hydrogen) atoms. The Morgan fingerprint density at radius 2 is 1.49 bits per heavy atom. The van der Waals surface area contributed by atoms with Crippen LogP contribution in [-0.2, 0) is 20.2 Å². The van der Waals surface area contributed by atoms with Gasteiger partial charge < -0.3 is 20.1 Å². The van der Waals surface area contributed by atoms with Gasteiger partial charge >= 0.3 is 0 Å². The lowest BCUT2D eigenvalue weighted by Crippen LogP contribution is -2.38. The first-order valence-corrected chi connectivity index (χ1v) is 15.6. The minimum absolute atomic E-state index is 0.0372. The molecule has 2 amide bonds. The summed E-state index contributed by atoms with van der Waals surface area (Å²) in [4.78, 5) is 25.9. The number of benzene rings is 4. The summed E-state index contributed by atoms with van der Waals surface area (Å²) < 4.78 is 52.9. The summed E-state index contributed by atoms with van der Waals surface area (Å²) in [5.41, 5.74) is 2.19. The first-order chi connectivity index (χ1) is 21.2. The molecule has 0 aliphatic heterocycles. The molecule has 0 saturated heterocycles. The fourth-order valence-corrected chi connectivity index (χ4v) is 5.99. The van der Waals surface area contributed by atoms with Crippen molar-refractivity contribution in [2.45, 2.75) is 31.1 Å². The standard InChI is InChI=1S/C33H33ClFN3O6S/c1-33(2,3)22-11-9-21(10-12-22)32(40)37-24-8-6-7-23(17-24)36-31(39)20-38(25-13-15-28(35)27(34)18-25)45(41,42)26-14-16-29(43-4)30(19-26)44-5/h6-19H,20H2,1-5H3,(H,36,39)(H,37,40). The second-order valence-electron chi connectivity index (χ2n) is 11.0. The van der Waals surface area contributed by atoms with E-state index in [1.54, 1.807) is 36.4 Å². The first kappa shape index (κ1) is 33.3. The van der Waals surface area contributed by atoms with Crippen LogP contribution in [0.15, 0.2) is 89.8 Å². The van der Waals surface area contributed by atoms with Crippen LogP contribution in [0, 0.1) is 5.82 Å². The van der Waals surface area contributed by atoms with E-state index in [1.165, 1.54) is 38.5 Å². The highest BCUT2D eigenvalue weighted by molar-refractivity contribution is 7.92. The summed E-state index contributed by atoms with van der Waals surface area (Å²) in [5, 5.41) is 5.14. The third kappa shape index (κ3) is 7.92. The fourth-order valence-electron chi connectivity index (χ4n) is 4.39. The van der Waals surface area contributed by atoms with Crippen molar-refractivity contribution in [1.29, 1.82) is 0 Å². The van der Waals surface area contributed by atoms with Crippen molar-refractivity contribution in [3.05, 3.63) is 107 Å². The number of rotatable bonds is 10. The van der Waals surface area contributed by atoms with E-state index in [9.17, 15) is 22.4 Å². The molecule has 236 valence electrons. The van der Waals surface area contributed by atoms with Crippen LogP contribution in [0.25, 0.3) is 0 Å². The molecular weight excluding hydrogens is 621 g/mol. The molecule has 0 spiro atoms. The Labute approximate surface area is 267 Å². The van der Waals surface area contributed by atoms with Crippen LogP contribution in [-0.4, -0.2) is 41.0 Å². The Morgan fingerprint density at radius 3 is 2.09 bits per heavy atom. The lowest BCUT2D eigenvalue weighted by atomic mass is 9.87. The van der Waals surface area contributed by atoms with Crippen LogP contribution < -0.4 is 24.4 Å². The zero-order valence-corrected chi connectivity index (χ0v) is 26.9. The maximum Gasteiger partial charge on any atom is 0.264 e. The maximum absolute atomic E-state index is 14.0. The van der Waals surface area contributed by atoms with Gasteiger partial charge in [-0.05, 0) is 71.6 Å². The van der Waals surface area contributed by atoms with Crippen molar-refractivity contribution < 1.29 is 31.9 Å². The molecule has 0 aliphatic carbocycles. The van der Waals surface area contributed by atoms with Gasteiger partial charge in [-0.2, -0.15) is 0 Å². The number of nitrogens with one attached hydrogen (secondary N) is 2. The predicted molar refractivity (Wildman–Crippen MR) is 174 cm³/mol. The number of anilines is 3. The van der Waals surface area contributed by atoms with Crippen molar-refractivity contribution >= 4 is 50.5 Å². The van der Waals surface area contributed by atoms with Crippen molar-refractivity contribution in [2.75, 3.05) is 35.7 Å². The molecule has 0 aliphatic rings. The number of methoxy groups -OCH3 is 2. The summed E-state index contributed by atoms with van der Waals surface area (Å²) in [6, 6.07) is 21.0. The lowest BCUT2D eigenvalue weighted by molar-refractivity contribution is -0.114. The van der Waals surface area contributed by atoms with Crippen molar-refractivity contribution in [3.8, 4) is 11.5 Å². The molecule has 2 N–H and O–H groups in total. The van der Waals surface area contributed by atoms with Gasteiger partial charge in [0, 0.05) is 23.0 Å². The number of hydrogen-bond acceptors (Lipinski definition) is 6. The maximum atomic E-state index is 14.0. The topological polar surface area (TPSA) is 114 Å². The molecule has 0 aromatic heterocycles. The molecule has 9 nitrogen and oxygen atoms in total. The first-order valence-electron chi connectivity index (χ1n) is 13.7. The summed E-state index contributed by atoms with van der Waals surface area (Å²) >= 11 is 5.97. The minimum Gasteiger partial charge on any atom is -0.493 e. The molecule has 4 aromatic carbocycles. The van der Waals surface area contributed by atoms with E-state index < -0.39 is 28.3 Å². The molecule has 12 heteroatoms. The zero-order valence-electron chi connectivity index (χ0n) is 25.4. The minimum atomic E-state index is -4.40. The number of carbonyl (C=O) groups is 2. The molecule has 4 rings (SSSR count). The Bertz CT molecular complexity index is 1830. The Morgan fingerprint density at radius 1 is 0.844 bits per heavy atom. The van der Waals surface area contributed by atoms with Crippen LogP contribution in [0.1, 0.15) is 36.7 Å². The smallest absolute Gasteiger partial charge is 0.264 e. The van der Waals surface area contributed by atoms with Gasteiger partial charge in [-0.1, -0.05) is 50.6 Å². The number of nitrogens with zero attached hydrogens (tertiary/aromatic N) is 1. The molecule has 0 radical (unpaired) electrons. The Balaban J connectivity index is 1.56. The number of sulfonamides is 1. The van der Waals surface area contributed by atoms with Crippen LogP contribution in [0.5, 0.6) is 11.5 Å². The van der Waals surface area contributed by atoms with Crippen LogP contribution in [0.3, 0.4) is 0 Å². The van der Waals surface area contributed by atoms with Gasteiger partial charge in [-0.25, -0.2) is 12.8 Å². The van der Waals surface area contributed by atoms with Crippen molar-refractivity contribution in [2.24, 2.45) is 0 Å². The highest BCUT2D eigenvalue weighted by Crippen LogP contribution is 2.33. The van der Waals surface area contributed by atoms with E-state index in [2.05, 4.69) is 31.4 Å². The number of hydrogen-bond donors (Lipinski definition) is 2. The van der Waals surface area contributed by atoms with Crippen LogP contribution in [0.4, 0.5) is 21.5 Å². The third-order valence-corrected chi connectivity index (χ3v) is 8.90. The second kappa shape index (κ2) is 13.6. The van der Waals surface area contributed by atoms with Crippen LogP contribution in [0.2, 0.25) is 5.02 Å². The average molecular weight is 654 g/mol. The van der Waals surface area contributed by atoms with Gasteiger partial charge in [0.15, 0.2) is 11.5 Å². The van der Waals surface area contributed by atoms with Gasteiger partial charge in [-0.15, -0.1) is 0 Å². The number of ether oxygens (including phenoxy) is 2. The summed E-state index contributed by atoms with van der Waals surface area (Å²) in [6.07, 6.45) is 0. The summed E-state index contributed by atoms with van der Waals surface area (Å²) in [6.45, 7) is 5.57. The van der Waals surface area contributed by atoms with E-state index in [-0.39, 0.29) is 32.7 Å². The van der Waals surface area contributed by atoms with Crippen molar-refractivity contribution in [1.82, 2.24) is 0 Å². The van der Waals surface area contributed by atoms with Crippen LogP contribution >= 0.6 is 11.6 Å². The highest BCUT2D eigenvalue weighted by Gasteiger charge is 2.29. The van der Waals surface area contributed by atoms with E-state index in [0.29, 0.717) is 22.7 Å². The largest absolute Gasteiger partial charge is 0.493 e. The molecule has 0 heterocycles. The SMILES string of the molecule is COc1ccc(S(=O)(=O)N(CC(=O)Nc2cccc(NC(=O)c3ccc(C(C)(C)C)cc3)c2)c2ccc(F)c(Cl)c2)cc1OC. The Hall–Kier alpha value is -4.61. The van der Waals surface area contributed by atoms with Gasteiger partial charge in [0.05, 0.1) is 29.8 Å². The molecule has 0 atom stereocenters. The molecular formula is C33H33ClFN3O6S. The second-order valence-corrected chi connectivity index (χ2v) is 13.3. The van der Waals surface area contributed by atoms with E-state index >= 15 is 0 Å². The van der Waals surface area contributed by atoms with Crippen molar-refractivity contribution in [3.63, 3.8) is 0 Å². The number of carbonyl (C=O) groups excluding carboxylic acids is 2. The monoisotopic (exact) mass is 653 g/mol. The average Bonchev–Trinajstić information content (AvgIpc) is 3.00. The molecule has 0 bridgehead atoms. The van der Waals surface area contributed by atoms with Gasteiger partial charge in [0.25, 0.3) is 15.9 Å². The lowest BCUT2D eigenvalue weighted by Gasteiger charge is -2.25. The highest BCUT2D eigenvalue weighted by atomic mass is 35.5. The molecule has 0 saturated carbocycles. The van der Waals surface area contributed by atoms with Gasteiger partial charge in [-0.3, -0.25) is 13.9 Å². The summed E-state index contributed by atoms with van der Waals surface area (Å²) in [5.74, 6) is -1.33. The molecule has 4 aromatic rings. The normalized spacial score (nSPS) is 11.4. The summed E-state index contributed by atoms with van der Waals surface area (Å²) in [7, 11) is -1.63. The Kier molecular flexibility index (Phi) is 10.0. The molecule has 0 unspecified atom stereocenters. The van der Waals surface area contributed by atoms with E-state index in [1.807, 2.05) is 12.1 Å². The van der Waals surface area contributed by atoms with Gasteiger partial charge in [0.1, 0.15) is 12.4 Å². The third-order valence-electron chi connectivity index (χ3n) is 6.84. The zero-order chi connectivity index (χ0) is 32.9. The fraction of sp³-hybridized carbons (Fsp3) is 0.212. The van der Waals surface area contributed by atoms with Gasteiger partial charge in [0.2, 0.25) is 5.91 Å². The van der Waals surface area contributed by atoms with E-state index in [4.69, 9.17) is 21.1 Å². The molecule has 0 fully saturated rings. The van der Waals surface area contributed by atoms with E-state index in [0.717, 1.165) is 22.0 Å². The number of halogens is 2.